The molecule has 1 aliphatic rings. The maximum atomic E-state index is 13.8. The molecule has 0 radical (unpaired) electrons. The van der Waals surface area contributed by atoms with Crippen molar-refractivity contribution in [1.29, 1.82) is 0 Å². The Morgan fingerprint density at radius 3 is 2.62 bits per heavy atom. The molecule has 0 saturated carbocycles. The highest BCUT2D eigenvalue weighted by atomic mass is 35.5. The van der Waals surface area contributed by atoms with Crippen LogP contribution in [-0.2, 0) is 0 Å². The molecule has 3 atom stereocenters. The van der Waals surface area contributed by atoms with Crippen LogP contribution >= 0.6 is 11.6 Å². The number of aromatic nitrogens is 2. The highest BCUT2D eigenvalue weighted by molar-refractivity contribution is 6.36. The minimum absolute atomic E-state index is 0.0182. The van der Waals surface area contributed by atoms with Crippen LogP contribution in [-0.4, -0.2) is 35.0 Å². The van der Waals surface area contributed by atoms with Gasteiger partial charge in [-0.1, -0.05) is 30.7 Å². The van der Waals surface area contributed by atoms with E-state index in [-0.39, 0.29) is 29.0 Å². The molecule has 1 aromatic carbocycles. The van der Waals surface area contributed by atoms with Crippen LogP contribution in [0.3, 0.4) is 0 Å². The average Bonchev–Trinajstić information content (AvgIpc) is 3.03. The van der Waals surface area contributed by atoms with E-state index < -0.39 is 24.2 Å². The Morgan fingerprint density at radius 1 is 1.41 bits per heavy atom. The van der Waals surface area contributed by atoms with Gasteiger partial charge in [0.25, 0.3) is 5.91 Å². The van der Waals surface area contributed by atoms with E-state index in [0.29, 0.717) is 17.7 Å². The number of carbonyl (C=O) groups excluding carboxylic acids is 1. The number of nitrogens with zero attached hydrogens (tertiary/aromatic N) is 2. The molecule has 158 valence electrons. The fraction of sp³-hybridized carbons (Fsp3) is 0.474. The number of benzene rings is 1. The predicted molar refractivity (Wildman–Crippen MR) is 104 cm³/mol. The van der Waals surface area contributed by atoms with Crippen molar-refractivity contribution < 1.29 is 22.7 Å². The summed E-state index contributed by atoms with van der Waals surface area (Å²) in [6, 6.07) is 4.03. The van der Waals surface area contributed by atoms with E-state index in [1.54, 1.807) is 31.2 Å². The van der Waals surface area contributed by atoms with Crippen LogP contribution in [0.2, 0.25) is 5.02 Å². The van der Waals surface area contributed by atoms with Crippen molar-refractivity contribution in [3.8, 4) is 5.75 Å². The molecule has 2 N–H and O–H groups in total. The van der Waals surface area contributed by atoms with Gasteiger partial charge in [-0.2, -0.15) is 18.3 Å². The Labute approximate surface area is 171 Å². The van der Waals surface area contributed by atoms with Gasteiger partial charge in [0.05, 0.1) is 13.2 Å². The Kier molecular flexibility index (Phi) is 5.97. The lowest BCUT2D eigenvalue weighted by Crippen LogP contribution is -2.36. The number of hydrogen-bond donors (Lipinski definition) is 2. The number of ether oxygens (including phenoxy) is 1. The monoisotopic (exact) mass is 430 g/mol. The zero-order chi connectivity index (χ0) is 21.3. The van der Waals surface area contributed by atoms with E-state index >= 15 is 0 Å². The van der Waals surface area contributed by atoms with Crippen molar-refractivity contribution in [2.24, 2.45) is 0 Å². The van der Waals surface area contributed by atoms with Gasteiger partial charge in [0.2, 0.25) is 0 Å². The summed E-state index contributed by atoms with van der Waals surface area (Å²) in [7, 11) is 1.51. The van der Waals surface area contributed by atoms with Crippen LogP contribution in [0.1, 0.15) is 54.8 Å². The van der Waals surface area contributed by atoms with Crippen LogP contribution in [0.15, 0.2) is 24.3 Å². The van der Waals surface area contributed by atoms with Crippen molar-refractivity contribution in [2.45, 2.75) is 51.0 Å². The highest BCUT2D eigenvalue weighted by Crippen LogP contribution is 2.46. The lowest BCUT2D eigenvalue weighted by molar-refractivity contribution is -0.173. The molecule has 2 heterocycles. The third-order valence-electron chi connectivity index (χ3n) is 5.02. The van der Waals surface area contributed by atoms with Crippen molar-refractivity contribution in [3.63, 3.8) is 0 Å². The first-order valence-corrected chi connectivity index (χ1v) is 9.59. The minimum Gasteiger partial charge on any atom is -0.497 e. The smallest absolute Gasteiger partial charge is 0.410 e. The SMILES string of the molecule is CCC(C)NC(=O)c1nn2c(c1Cl)NC(c1ccc(OC)cc1)CC2C(F)(F)F. The molecular formula is C19H22ClF3N4O2. The minimum atomic E-state index is -4.55. The van der Waals surface area contributed by atoms with Gasteiger partial charge >= 0.3 is 6.18 Å². The van der Waals surface area contributed by atoms with E-state index in [9.17, 15) is 18.0 Å². The zero-order valence-corrected chi connectivity index (χ0v) is 16.9. The number of fused-ring (bicyclic) bond motifs is 1. The number of halogens is 4. The summed E-state index contributed by atoms with van der Waals surface area (Å²) in [5.41, 5.74) is 0.424. The quantitative estimate of drug-likeness (QED) is 0.719. The first kappa shape index (κ1) is 21.3. The van der Waals surface area contributed by atoms with Crippen molar-refractivity contribution in [3.05, 3.63) is 40.5 Å². The van der Waals surface area contributed by atoms with Crippen LogP contribution in [0.25, 0.3) is 0 Å². The molecule has 29 heavy (non-hydrogen) atoms. The van der Waals surface area contributed by atoms with Gasteiger partial charge in [0.1, 0.15) is 16.6 Å². The Balaban J connectivity index is 1.99. The average molecular weight is 431 g/mol. The van der Waals surface area contributed by atoms with Gasteiger partial charge in [0, 0.05) is 12.5 Å². The van der Waals surface area contributed by atoms with Gasteiger partial charge in [0.15, 0.2) is 11.7 Å². The molecule has 0 spiro atoms. The maximum absolute atomic E-state index is 13.8. The summed E-state index contributed by atoms with van der Waals surface area (Å²) < 4.78 is 47.2. The zero-order valence-electron chi connectivity index (χ0n) is 16.2. The molecule has 0 saturated heterocycles. The maximum Gasteiger partial charge on any atom is 0.410 e. The molecule has 0 aliphatic carbocycles. The molecular weight excluding hydrogens is 409 g/mol. The van der Waals surface area contributed by atoms with Gasteiger partial charge in [-0.25, -0.2) is 4.68 Å². The standard InChI is InChI=1S/C19H22ClF3N4O2/c1-4-10(2)24-18(28)16-15(20)17-25-13(11-5-7-12(29-3)8-6-11)9-14(19(21,22)23)27(17)26-16/h5-8,10,13-14,25H,4,9H2,1-3H3,(H,24,28). The van der Waals surface area contributed by atoms with Gasteiger partial charge in [-0.3, -0.25) is 4.79 Å². The predicted octanol–water partition coefficient (Wildman–Crippen LogP) is 4.73. The first-order valence-electron chi connectivity index (χ1n) is 9.21. The molecule has 3 rings (SSSR count). The fourth-order valence-corrected chi connectivity index (χ4v) is 3.45. The number of carbonyl (C=O) groups is 1. The van der Waals surface area contributed by atoms with E-state index in [4.69, 9.17) is 16.3 Å². The number of rotatable bonds is 5. The number of methoxy groups -OCH3 is 1. The van der Waals surface area contributed by atoms with Crippen LogP contribution in [0, 0.1) is 0 Å². The van der Waals surface area contributed by atoms with Crippen LogP contribution < -0.4 is 15.4 Å². The van der Waals surface area contributed by atoms with E-state index in [0.717, 1.165) is 4.68 Å². The Hall–Kier alpha value is -2.42. The van der Waals surface area contributed by atoms with Gasteiger partial charge < -0.3 is 15.4 Å². The lowest BCUT2D eigenvalue weighted by atomic mass is 9.97. The number of nitrogens with one attached hydrogen (secondary N) is 2. The molecule has 3 unspecified atom stereocenters. The molecule has 1 amide bonds. The fourth-order valence-electron chi connectivity index (χ4n) is 3.18. The lowest BCUT2D eigenvalue weighted by Gasteiger charge is -2.33. The molecule has 1 aromatic heterocycles. The number of anilines is 1. The van der Waals surface area contributed by atoms with E-state index in [1.807, 2.05) is 6.92 Å². The molecule has 0 fully saturated rings. The summed E-state index contributed by atoms with van der Waals surface area (Å²) in [6.45, 7) is 3.67. The molecule has 2 aromatic rings. The summed E-state index contributed by atoms with van der Waals surface area (Å²) >= 11 is 6.29. The second kappa shape index (κ2) is 8.14. The normalized spacial score (nSPS) is 19.8. The van der Waals surface area contributed by atoms with Gasteiger partial charge in [-0.05, 0) is 31.0 Å². The molecule has 1 aliphatic heterocycles. The van der Waals surface area contributed by atoms with Crippen LogP contribution in [0.5, 0.6) is 5.75 Å². The number of alkyl halides is 3. The first-order chi connectivity index (χ1) is 13.7. The van der Waals surface area contributed by atoms with E-state index in [1.165, 1.54) is 7.11 Å². The largest absolute Gasteiger partial charge is 0.497 e. The number of amides is 1. The second-order valence-electron chi connectivity index (χ2n) is 7.00. The summed E-state index contributed by atoms with van der Waals surface area (Å²) in [6.07, 6.45) is -4.17. The summed E-state index contributed by atoms with van der Waals surface area (Å²) in [5.74, 6) is -0.0191. The van der Waals surface area contributed by atoms with Crippen molar-refractivity contribution in [1.82, 2.24) is 15.1 Å². The Bertz CT molecular complexity index is 883. The summed E-state index contributed by atoms with van der Waals surface area (Å²) in [4.78, 5) is 12.4. The van der Waals surface area contributed by atoms with E-state index in [2.05, 4.69) is 15.7 Å². The molecule has 0 bridgehead atoms. The molecule has 10 heteroatoms. The Morgan fingerprint density at radius 2 is 2.07 bits per heavy atom. The number of hydrogen-bond acceptors (Lipinski definition) is 4. The van der Waals surface area contributed by atoms with Crippen molar-refractivity contribution >= 4 is 23.3 Å². The van der Waals surface area contributed by atoms with Crippen LogP contribution in [0.4, 0.5) is 19.0 Å². The van der Waals surface area contributed by atoms with Crippen molar-refractivity contribution in [2.75, 3.05) is 12.4 Å². The second-order valence-corrected chi connectivity index (χ2v) is 7.38. The van der Waals surface area contributed by atoms with Gasteiger partial charge in [-0.15, -0.1) is 0 Å². The highest BCUT2D eigenvalue weighted by Gasteiger charge is 2.47. The molecule has 6 nitrogen and oxygen atoms in total. The third kappa shape index (κ3) is 4.29. The summed E-state index contributed by atoms with van der Waals surface area (Å²) in [5, 5.41) is 9.48. The topological polar surface area (TPSA) is 68.2 Å². The third-order valence-corrected chi connectivity index (χ3v) is 5.38.